The first-order valence-electron chi connectivity index (χ1n) is 5.64. The molecule has 0 aliphatic heterocycles. The number of anilines is 1. The second-order valence-electron chi connectivity index (χ2n) is 4.01. The summed E-state index contributed by atoms with van der Waals surface area (Å²) in [5, 5.41) is 30.2. The summed E-state index contributed by atoms with van der Waals surface area (Å²) in [4.78, 5) is 22.8. The lowest BCUT2D eigenvalue weighted by atomic mass is 10.1. The Kier molecular flexibility index (Phi) is 3.56. The minimum absolute atomic E-state index is 0.00275. The van der Waals surface area contributed by atoms with E-state index in [0.717, 1.165) is 0 Å². The first-order chi connectivity index (χ1) is 9.49. The number of phenolic OH excluding ortho intramolecular Hbond substituents is 1. The van der Waals surface area contributed by atoms with Crippen LogP contribution in [-0.2, 0) is 0 Å². The van der Waals surface area contributed by atoms with Crippen LogP contribution in [-0.4, -0.2) is 27.2 Å². The molecule has 0 heterocycles. The number of carbonyl (C=O) groups is 2. The number of carboxylic acids is 1. The summed E-state index contributed by atoms with van der Waals surface area (Å²) in [7, 11) is 0. The Balaban J connectivity index is 2.26. The number of para-hydroxylation sites is 1. The number of carbonyl (C=O) groups excluding carboxylic acids is 1. The first kappa shape index (κ1) is 13.4. The van der Waals surface area contributed by atoms with E-state index in [1.54, 1.807) is 0 Å². The first-order valence-corrected chi connectivity index (χ1v) is 5.64. The third kappa shape index (κ3) is 2.69. The normalized spacial score (nSPS) is 10.0. The minimum atomic E-state index is -1.29. The van der Waals surface area contributed by atoms with Crippen molar-refractivity contribution in [2.45, 2.75) is 0 Å². The molecule has 0 unspecified atom stereocenters. The van der Waals surface area contributed by atoms with Crippen molar-refractivity contribution in [2.24, 2.45) is 0 Å². The van der Waals surface area contributed by atoms with Crippen molar-refractivity contribution < 1.29 is 24.9 Å². The molecular weight excluding hydrogens is 262 g/mol. The lowest BCUT2D eigenvalue weighted by molar-refractivity contribution is 0.0693. The van der Waals surface area contributed by atoms with Gasteiger partial charge in [-0.25, -0.2) is 4.79 Å². The van der Waals surface area contributed by atoms with Crippen molar-refractivity contribution in [1.29, 1.82) is 0 Å². The fraction of sp³-hybridized carbons (Fsp3) is 0. The molecule has 0 aliphatic carbocycles. The monoisotopic (exact) mass is 273 g/mol. The Bertz CT molecular complexity index is 664. The van der Waals surface area contributed by atoms with Crippen LogP contribution in [0, 0.1) is 0 Å². The summed E-state index contributed by atoms with van der Waals surface area (Å²) in [5.41, 5.74) is -0.0283. The van der Waals surface area contributed by atoms with Crippen molar-refractivity contribution in [1.82, 2.24) is 0 Å². The molecule has 0 bridgehead atoms. The molecule has 0 spiro atoms. The molecule has 2 rings (SSSR count). The summed E-state index contributed by atoms with van der Waals surface area (Å²) in [6, 6.07) is 9.54. The quantitative estimate of drug-likeness (QED) is 0.640. The summed E-state index contributed by atoms with van der Waals surface area (Å²) < 4.78 is 0. The number of rotatable bonds is 3. The second-order valence-corrected chi connectivity index (χ2v) is 4.01. The maximum absolute atomic E-state index is 11.9. The van der Waals surface area contributed by atoms with Crippen molar-refractivity contribution in [3.63, 3.8) is 0 Å². The SMILES string of the molecule is O=C(Nc1cccc(C(=O)O)c1O)c1ccc(O)cc1. The molecule has 0 saturated carbocycles. The highest BCUT2D eigenvalue weighted by Crippen LogP contribution is 2.27. The van der Waals surface area contributed by atoms with E-state index in [1.807, 2.05) is 0 Å². The van der Waals surface area contributed by atoms with Gasteiger partial charge in [0.15, 0.2) is 5.75 Å². The lowest BCUT2D eigenvalue weighted by Crippen LogP contribution is -2.12. The summed E-state index contributed by atoms with van der Waals surface area (Å²) in [6.07, 6.45) is 0. The van der Waals surface area contributed by atoms with Gasteiger partial charge in [0.05, 0.1) is 5.69 Å². The molecule has 6 nitrogen and oxygen atoms in total. The van der Waals surface area contributed by atoms with Crippen molar-refractivity contribution in [3.8, 4) is 11.5 Å². The fourth-order valence-corrected chi connectivity index (χ4v) is 1.62. The molecule has 0 aliphatic rings. The number of hydrogen-bond acceptors (Lipinski definition) is 4. The Morgan fingerprint density at radius 1 is 0.950 bits per heavy atom. The summed E-state index contributed by atoms with van der Waals surface area (Å²) in [6.45, 7) is 0. The van der Waals surface area contributed by atoms with Crippen LogP contribution < -0.4 is 5.32 Å². The van der Waals surface area contributed by atoms with Crippen molar-refractivity contribution in [2.75, 3.05) is 5.32 Å². The van der Waals surface area contributed by atoms with Gasteiger partial charge in [0.1, 0.15) is 11.3 Å². The van der Waals surface area contributed by atoms with Crippen molar-refractivity contribution in [3.05, 3.63) is 53.6 Å². The van der Waals surface area contributed by atoms with E-state index < -0.39 is 17.6 Å². The van der Waals surface area contributed by atoms with Gasteiger partial charge in [-0.2, -0.15) is 0 Å². The number of carboxylic acid groups (broad SMARTS) is 1. The molecule has 20 heavy (non-hydrogen) atoms. The number of hydrogen-bond donors (Lipinski definition) is 4. The Morgan fingerprint density at radius 2 is 1.60 bits per heavy atom. The van der Waals surface area contributed by atoms with Gasteiger partial charge in [-0.1, -0.05) is 6.07 Å². The minimum Gasteiger partial charge on any atom is -0.508 e. The van der Waals surface area contributed by atoms with Gasteiger partial charge in [0.25, 0.3) is 5.91 Å². The van der Waals surface area contributed by atoms with Crippen LogP contribution in [0.1, 0.15) is 20.7 Å². The standard InChI is InChI=1S/C14H11NO5/c16-9-6-4-8(5-7-9)13(18)15-11-3-1-2-10(12(11)17)14(19)20/h1-7,16-17H,(H,15,18)(H,19,20). The van der Waals surface area contributed by atoms with Crippen LogP contribution in [0.4, 0.5) is 5.69 Å². The topological polar surface area (TPSA) is 107 Å². The molecule has 0 aromatic heterocycles. The number of aromatic carboxylic acids is 1. The Labute approximate surface area is 113 Å². The third-order valence-electron chi connectivity index (χ3n) is 2.64. The summed E-state index contributed by atoms with van der Waals surface area (Å²) in [5.74, 6) is -2.30. The predicted molar refractivity (Wildman–Crippen MR) is 71.1 cm³/mol. The number of aromatic hydroxyl groups is 2. The zero-order valence-electron chi connectivity index (χ0n) is 10.2. The number of amides is 1. The molecule has 2 aromatic carbocycles. The average Bonchev–Trinajstić information content (AvgIpc) is 2.41. The highest BCUT2D eigenvalue weighted by molar-refractivity contribution is 6.06. The lowest BCUT2D eigenvalue weighted by Gasteiger charge is -2.09. The summed E-state index contributed by atoms with van der Waals surface area (Å²) >= 11 is 0. The van der Waals surface area contributed by atoms with Crippen molar-refractivity contribution >= 4 is 17.6 Å². The van der Waals surface area contributed by atoms with Gasteiger partial charge < -0.3 is 20.6 Å². The van der Waals surface area contributed by atoms with Gasteiger partial charge in [0, 0.05) is 5.56 Å². The van der Waals surface area contributed by atoms with Gasteiger partial charge >= 0.3 is 5.97 Å². The maximum Gasteiger partial charge on any atom is 0.339 e. The zero-order chi connectivity index (χ0) is 14.7. The zero-order valence-corrected chi connectivity index (χ0v) is 10.2. The second kappa shape index (κ2) is 5.31. The van der Waals surface area contributed by atoms with Crippen LogP contribution >= 0.6 is 0 Å². The highest BCUT2D eigenvalue weighted by atomic mass is 16.4. The van der Waals surface area contributed by atoms with Crippen LogP contribution in [0.5, 0.6) is 11.5 Å². The Morgan fingerprint density at radius 3 is 2.20 bits per heavy atom. The average molecular weight is 273 g/mol. The van der Waals surface area contributed by atoms with E-state index in [2.05, 4.69) is 5.32 Å². The molecule has 0 radical (unpaired) electrons. The Hall–Kier alpha value is -3.02. The number of benzene rings is 2. The molecule has 0 fully saturated rings. The van der Waals surface area contributed by atoms with E-state index in [4.69, 9.17) is 10.2 Å². The van der Waals surface area contributed by atoms with Crippen LogP contribution in [0.3, 0.4) is 0 Å². The third-order valence-corrected chi connectivity index (χ3v) is 2.64. The number of nitrogens with one attached hydrogen (secondary N) is 1. The molecular formula is C14H11NO5. The molecule has 0 atom stereocenters. The van der Waals surface area contributed by atoms with Gasteiger partial charge in [-0.3, -0.25) is 4.79 Å². The van der Waals surface area contributed by atoms with Crippen LogP contribution in [0.2, 0.25) is 0 Å². The molecule has 6 heteroatoms. The maximum atomic E-state index is 11.9. The fourth-order valence-electron chi connectivity index (χ4n) is 1.62. The van der Waals surface area contributed by atoms with E-state index in [1.165, 1.54) is 42.5 Å². The molecule has 2 aromatic rings. The van der Waals surface area contributed by atoms with E-state index in [9.17, 15) is 14.7 Å². The molecule has 1 amide bonds. The predicted octanol–water partition coefficient (Wildman–Crippen LogP) is 2.05. The van der Waals surface area contributed by atoms with Crippen LogP contribution in [0.25, 0.3) is 0 Å². The van der Waals surface area contributed by atoms with Gasteiger partial charge in [-0.15, -0.1) is 0 Å². The molecule has 4 N–H and O–H groups in total. The van der Waals surface area contributed by atoms with E-state index >= 15 is 0 Å². The molecule has 102 valence electrons. The van der Waals surface area contributed by atoms with Crippen LogP contribution in [0.15, 0.2) is 42.5 Å². The largest absolute Gasteiger partial charge is 0.508 e. The van der Waals surface area contributed by atoms with E-state index in [-0.39, 0.29) is 22.6 Å². The molecule has 0 saturated heterocycles. The van der Waals surface area contributed by atoms with Gasteiger partial charge in [0.2, 0.25) is 0 Å². The highest BCUT2D eigenvalue weighted by Gasteiger charge is 2.15. The number of phenols is 2. The van der Waals surface area contributed by atoms with E-state index in [0.29, 0.717) is 0 Å². The van der Waals surface area contributed by atoms with Gasteiger partial charge in [-0.05, 0) is 36.4 Å². The smallest absolute Gasteiger partial charge is 0.339 e.